The van der Waals surface area contributed by atoms with Crippen LogP contribution >= 0.6 is 0 Å². The summed E-state index contributed by atoms with van der Waals surface area (Å²) in [5.74, 6) is 0.338. The third-order valence-electron chi connectivity index (χ3n) is 4.71. The van der Waals surface area contributed by atoms with Crippen molar-refractivity contribution >= 4 is 17.5 Å². The molecule has 22 heavy (non-hydrogen) atoms. The standard InChI is InChI=1S/C16H21N3O3/c1-17-7-9-18(10-8-17)13-11-15(20)19(16(13)21)12-5-3-4-6-14(12)22-2/h3-6,13H,7-11H2,1-2H3/p+2/t13-/m1/s1. The lowest BCUT2D eigenvalue weighted by molar-refractivity contribution is -1.01. The number of nitrogens with zero attached hydrogens (tertiary/aromatic N) is 1. The largest absolute Gasteiger partial charge is 0.495 e. The maximum absolute atomic E-state index is 12.8. The van der Waals surface area contributed by atoms with Gasteiger partial charge in [-0.15, -0.1) is 0 Å². The normalized spacial score (nSPS) is 29.0. The summed E-state index contributed by atoms with van der Waals surface area (Å²) in [6, 6.07) is 6.94. The van der Waals surface area contributed by atoms with Crippen molar-refractivity contribution < 1.29 is 24.1 Å². The topological polar surface area (TPSA) is 55.5 Å². The van der Waals surface area contributed by atoms with Crippen molar-refractivity contribution in [3.8, 4) is 5.75 Å². The Labute approximate surface area is 130 Å². The number of imide groups is 1. The number of methoxy groups -OCH3 is 1. The Kier molecular flexibility index (Phi) is 4.13. The van der Waals surface area contributed by atoms with Gasteiger partial charge in [0, 0.05) is 0 Å². The predicted molar refractivity (Wildman–Crippen MR) is 81.2 cm³/mol. The van der Waals surface area contributed by atoms with Gasteiger partial charge in [0.25, 0.3) is 5.91 Å². The van der Waals surface area contributed by atoms with Gasteiger partial charge in [-0.1, -0.05) is 12.1 Å². The molecule has 118 valence electrons. The van der Waals surface area contributed by atoms with Crippen molar-refractivity contribution in [3.63, 3.8) is 0 Å². The van der Waals surface area contributed by atoms with Gasteiger partial charge in [-0.05, 0) is 12.1 Å². The number of benzene rings is 1. The molecule has 6 heteroatoms. The molecule has 3 rings (SSSR count). The van der Waals surface area contributed by atoms with Crippen LogP contribution in [0.15, 0.2) is 24.3 Å². The van der Waals surface area contributed by atoms with E-state index in [2.05, 4.69) is 7.05 Å². The fourth-order valence-corrected chi connectivity index (χ4v) is 3.36. The van der Waals surface area contributed by atoms with Gasteiger partial charge in [-0.2, -0.15) is 0 Å². The van der Waals surface area contributed by atoms with E-state index < -0.39 is 0 Å². The second-order valence-electron chi connectivity index (χ2n) is 6.11. The molecule has 6 nitrogen and oxygen atoms in total. The Balaban J connectivity index is 1.82. The Morgan fingerprint density at radius 2 is 1.82 bits per heavy atom. The van der Waals surface area contributed by atoms with Gasteiger partial charge >= 0.3 is 0 Å². The lowest BCUT2D eigenvalue weighted by atomic mass is 10.2. The van der Waals surface area contributed by atoms with Crippen molar-refractivity contribution in [2.75, 3.05) is 45.2 Å². The molecular formula is C16H23N3O3+2. The minimum Gasteiger partial charge on any atom is -0.495 e. The van der Waals surface area contributed by atoms with Gasteiger partial charge in [-0.25, -0.2) is 4.90 Å². The molecule has 1 aromatic rings. The zero-order valence-corrected chi connectivity index (χ0v) is 13.1. The van der Waals surface area contributed by atoms with Crippen LogP contribution in [0.1, 0.15) is 6.42 Å². The van der Waals surface area contributed by atoms with E-state index in [-0.39, 0.29) is 17.9 Å². The molecule has 2 aliphatic heterocycles. The fraction of sp³-hybridized carbons (Fsp3) is 0.500. The molecule has 2 heterocycles. The second kappa shape index (κ2) is 6.06. The average Bonchev–Trinajstić information content (AvgIpc) is 2.83. The van der Waals surface area contributed by atoms with Crippen LogP contribution in [-0.4, -0.2) is 58.2 Å². The minimum atomic E-state index is -0.245. The maximum Gasteiger partial charge on any atom is 0.292 e. The number of hydrogen-bond acceptors (Lipinski definition) is 3. The van der Waals surface area contributed by atoms with Crippen molar-refractivity contribution in [2.24, 2.45) is 0 Å². The predicted octanol–water partition coefficient (Wildman–Crippen LogP) is -2.26. The molecule has 0 aromatic heterocycles. The van der Waals surface area contributed by atoms with Crippen LogP contribution in [0.4, 0.5) is 5.69 Å². The van der Waals surface area contributed by atoms with Crippen LogP contribution in [0.3, 0.4) is 0 Å². The van der Waals surface area contributed by atoms with Crippen LogP contribution < -0.4 is 19.4 Å². The first-order chi connectivity index (χ1) is 10.6. The lowest BCUT2D eigenvalue weighted by Crippen LogP contribution is -3.29. The number of carbonyl (C=O) groups excluding carboxylic acids is 2. The van der Waals surface area contributed by atoms with Crippen molar-refractivity contribution in [2.45, 2.75) is 12.5 Å². The van der Waals surface area contributed by atoms with Crippen LogP contribution in [0.25, 0.3) is 0 Å². The first-order valence-electron chi connectivity index (χ1n) is 7.77. The fourth-order valence-electron chi connectivity index (χ4n) is 3.36. The summed E-state index contributed by atoms with van der Waals surface area (Å²) >= 11 is 0. The molecule has 0 bridgehead atoms. The van der Waals surface area contributed by atoms with Gasteiger partial charge in [0.2, 0.25) is 5.91 Å². The van der Waals surface area contributed by atoms with Gasteiger partial charge in [-0.3, -0.25) is 9.59 Å². The lowest BCUT2D eigenvalue weighted by Gasteiger charge is -2.30. The number of amides is 2. The number of ether oxygens (including phenoxy) is 1. The Hall–Kier alpha value is -1.92. The van der Waals surface area contributed by atoms with E-state index in [1.165, 1.54) is 14.7 Å². The number of anilines is 1. The second-order valence-corrected chi connectivity index (χ2v) is 6.11. The first-order valence-corrected chi connectivity index (χ1v) is 7.77. The highest BCUT2D eigenvalue weighted by Crippen LogP contribution is 2.31. The number of carbonyl (C=O) groups is 2. The highest BCUT2D eigenvalue weighted by Gasteiger charge is 2.47. The first kappa shape index (κ1) is 15.0. The van der Waals surface area contributed by atoms with Crippen molar-refractivity contribution in [3.05, 3.63) is 24.3 Å². The molecule has 2 saturated heterocycles. The minimum absolute atomic E-state index is 0.0935. The van der Waals surface area contributed by atoms with E-state index in [0.717, 1.165) is 26.2 Å². The number of nitrogens with one attached hydrogen (secondary N) is 2. The Bertz CT molecular complexity index is 582. The summed E-state index contributed by atoms with van der Waals surface area (Å²) in [5, 5.41) is 0. The van der Waals surface area contributed by atoms with Crippen molar-refractivity contribution in [1.29, 1.82) is 0 Å². The van der Waals surface area contributed by atoms with Gasteiger partial charge in [0.1, 0.15) is 31.9 Å². The van der Waals surface area contributed by atoms with Crippen LogP contribution in [0.5, 0.6) is 5.75 Å². The van der Waals surface area contributed by atoms with E-state index in [1.807, 2.05) is 12.1 Å². The highest BCUT2D eigenvalue weighted by atomic mass is 16.5. The quantitative estimate of drug-likeness (QED) is 0.620. The van der Waals surface area contributed by atoms with Crippen LogP contribution in [0, 0.1) is 0 Å². The van der Waals surface area contributed by atoms with E-state index in [4.69, 9.17) is 4.74 Å². The van der Waals surface area contributed by atoms with E-state index in [0.29, 0.717) is 17.9 Å². The number of hydrogen-bond donors (Lipinski definition) is 2. The number of rotatable bonds is 3. The Morgan fingerprint density at radius 1 is 1.14 bits per heavy atom. The molecule has 0 radical (unpaired) electrons. The molecule has 0 unspecified atom stereocenters. The van der Waals surface area contributed by atoms with Gasteiger partial charge in [0.05, 0.1) is 26.3 Å². The Morgan fingerprint density at radius 3 is 2.50 bits per heavy atom. The molecule has 2 fully saturated rings. The summed E-state index contributed by atoms with van der Waals surface area (Å²) in [4.78, 5) is 29.2. The smallest absolute Gasteiger partial charge is 0.292 e. The van der Waals surface area contributed by atoms with Crippen LogP contribution in [-0.2, 0) is 9.59 Å². The summed E-state index contributed by atoms with van der Waals surface area (Å²) in [6.07, 6.45) is 0.297. The molecule has 0 aliphatic carbocycles. The zero-order chi connectivity index (χ0) is 15.7. The molecule has 2 N–H and O–H groups in total. The summed E-state index contributed by atoms with van der Waals surface area (Å²) < 4.78 is 5.29. The van der Waals surface area contributed by atoms with Gasteiger partial charge < -0.3 is 14.5 Å². The van der Waals surface area contributed by atoms with E-state index >= 15 is 0 Å². The average molecular weight is 305 g/mol. The number of likely N-dealkylation sites (N-methyl/N-ethyl adjacent to an activating group) is 1. The van der Waals surface area contributed by atoms with Gasteiger partial charge in [0.15, 0.2) is 6.04 Å². The number of quaternary nitrogens is 2. The molecule has 2 aliphatic rings. The maximum atomic E-state index is 12.8. The summed E-state index contributed by atoms with van der Waals surface area (Å²) in [6.45, 7) is 3.97. The molecule has 2 amide bonds. The van der Waals surface area contributed by atoms with E-state index in [9.17, 15) is 9.59 Å². The van der Waals surface area contributed by atoms with Crippen LogP contribution in [0.2, 0.25) is 0 Å². The monoisotopic (exact) mass is 305 g/mol. The third-order valence-corrected chi connectivity index (χ3v) is 4.71. The third kappa shape index (κ3) is 2.60. The summed E-state index contributed by atoms with van der Waals surface area (Å²) in [5.41, 5.74) is 0.557. The number of para-hydroxylation sites is 2. The summed E-state index contributed by atoms with van der Waals surface area (Å²) in [7, 11) is 3.72. The molecule has 1 aromatic carbocycles. The molecule has 1 atom stereocenters. The SMILES string of the molecule is COc1ccccc1N1C(=O)C[C@@H]([NH+]2CC[NH+](C)CC2)C1=O. The molecule has 0 saturated carbocycles. The van der Waals surface area contributed by atoms with Crippen molar-refractivity contribution in [1.82, 2.24) is 0 Å². The van der Waals surface area contributed by atoms with E-state index in [1.54, 1.807) is 19.2 Å². The zero-order valence-electron chi connectivity index (χ0n) is 13.1. The molecule has 0 spiro atoms. The number of piperazine rings is 1. The highest BCUT2D eigenvalue weighted by molar-refractivity contribution is 6.22. The molecular weight excluding hydrogens is 282 g/mol.